The monoisotopic (exact) mass is 1360 g/mol. The minimum atomic E-state index is -1.28. The zero-order valence-electron chi connectivity index (χ0n) is 56.2. The van der Waals surface area contributed by atoms with Gasteiger partial charge in [0, 0.05) is 67.6 Å². The van der Waals surface area contributed by atoms with Crippen molar-refractivity contribution in [2.24, 2.45) is 5.41 Å². The van der Waals surface area contributed by atoms with Crippen molar-refractivity contribution < 1.29 is 81.1 Å². The zero-order chi connectivity index (χ0) is 69.1. The van der Waals surface area contributed by atoms with Crippen molar-refractivity contribution in [2.45, 2.75) is 84.8 Å². The van der Waals surface area contributed by atoms with E-state index in [9.17, 15) is 29.1 Å². The van der Waals surface area contributed by atoms with Gasteiger partial charge in [0.05, 0.1) is 181 Å². The van der Waals surface area contributed by atoms with Crippen molar-refractivity contribution in [3.8, 4) is 0 Å². The molecule has 1 atom stereocenters. The van der Waals surface area contributed by atoms with E-state index in [1.165, 1.54) is 18.3 Å². The minimum Gasteiger partial charge on any atom is -0.480 e. The molecule has 0 spiro atoms. The van der Waals surface area contributed by atoms with Gasteiger partial charge in [-0.15, -0.1) is 0 Å². The Kier molecular flexibility index (Phi) is 37.0. The van der Waals surface area contributed by atoms with Crippen LogP contribution in [0.5, 0.6) is 0 Å². The van der Waals surface area contributed by atoms with Crippen molar-refractivity contribution in [3.05, 3.63) is 82.2 Å². The van der Waals surface area contributed by atoms with Crippen molar-refractivity contribution in [1.29, 1.82) is 0 Å². The fraction of sp³-hybridized carbons (Fsp3) is 0.606. The Morgan fingerprint density at radius 3 is 1.66 bits per heavy atom. The van der Waals surface area contributed by atoms with Crippen LogP contribution in [0, 0.1) is 5.41 Å². The fourth-order valence-corrected chi connectivity index (χ4v) is 9.45. The molecule has 0 aliphatic rings. The number of aliphatic carboxylic acids is 1. The Hall–Kier alpha value is -7.66. The molecule has 1 unspecified atom stereocenters. The van der Waals surface area contributed by atoms with Gasteiger partial charge in [-0.1, -0.05) is 45.4 Å². The second-order valence-electron chi connectivity index (χ2n) is 23.0. The van der Waals surface area contributed by atoms with E-state index in [1.54, 1.807) is 12.1 Å². The number of fused-ring (bicyclic) bond motifs is 4. The first-order valence-corrected chi connectivity index (χ1v) is 33.1. The van der Waals surface area contributed by atoms with Crippen LogP contribution in [0.2, 0.25) is 0 Å². The summed E-state index contributed by atoms with van der Waals surface area (Å²) >= 11 is 0. The third-order valence-corrected chi connectivity index (χ3v) is 14.5. The maximum atomic E-state index is 12.8. The second-order valence-corrected chi connectivity index (χ2v) is 23.0. The zero-order valence-corrected chi connectivity index (χ0v) is 56.2. The standard InChI is InChI=1S/C66H99N13O18/c1-4-5-11-54-76-57-59(51-9-6-7-10-52(51)74-60(57)67)79(54)47-66(2,3)46-72-56(81)18-21-87-23-25-89-27-29-91-31-33-93-35-37-95-39-41-97-43-42-96-40-38-94-36-34-92-32-30-90-28-26-88-24-22-86-20-8-19-69-55(80)17-16-53(64(84)85)75-62(82)48-12-14-49(15-13-48)70-44-50-45-71-61-58(73-50)63(83)78-65(68)77-61/h6-7,9-10,12-15,45,53,70H,4-5,8,11,16-44,46-47H2,1-3H3,(H2,67,74)(H,69,80)(H,72,81)(H,75,82)(H,84,85)(H3,68,71,77,78,83). The number of aryl methyl sites for hydroxylation is 1. The quantitative estimate of drug-likeness (QED) is 0.0253. The predicted octanol–water partition coefficient (Wildman–Crippen LogP) is 3.63. The Morgan fingerprint density at radius 1 is 0.608 bits per heavy atom. The number of carboxylic acid groups (broad SMARTS) is 1. The highest BCUT2D eigenvalue weighted by atomic mass is 16.6. The lowest BCUT2D eigenvalue weighted by Crippen LogP contribution is -2.41. The Labute approximate surface area is 564 Å². The highest BCUT2D eigenvalue weighted by molar-refractivity contribution is 6.06. The van der Waals surface area contributed by atoms with Crippen LogP contribution in [0.15, 0.2) is 59.5 Å². The van der Waals surface area contributed by atoms with Crippen LogP contribution >= 0.6 is 0 Å². The summed E-state index contributed by atoms with van der Waals surface area (Å²) in [6, 6.07) is 13.0. The summed E-state index contributed by atoms with van der Waals surface area (Å²) in [5.74, 6) is -0.927. The molecule has 0 saturated heterocycles. The third kappa shape index (κ3) is 30.8. The molecular weight excluding hydrogens is 1260 g/mol. The van der Waals surface area contributed by atoms with Gasteiger partial charge in [-0.25, -0.2) is 24.7 Å². The van der Waals surface area contributed by atoms with Gasteiger partial charge in [-0.2, -0.15) is 4.98 Å². The van der Waals surface area contributed by atoms with E-state index in [2.05, 4.69) is 77.6 Å². The number of nitrogens with one attached hydrogen (secondary N) is 5. The maximum Gasteiger partial charge on any atom is 0.326 e. The van der Waals surface area contributed by atoms with Crippen LogP contribution in [0.4, 0.5) is 17.5 Å². The molecule has 0 aliphatic heterocycles. The number of aromatic amines is 1. The number of carbonyl (C=O) groups is 4. The summed E-state index contributed by atoms with van der Waals surface area (Å²) in [6.07, 6.45) is 4.96. The van der Waals surface area contributed by atoms with Gasteiger partial charge >= 0.3 is 5.97 Å². The highest BCUT2D eigenvalue weighted by Crippen LogP contribution is 2.32. The van der Waals surface area contributed by atoms with E-state index in [0.717, 1.165) is 47.0 Å². The number of imidazole rings is 1. The number of aromatic nitrogens is 7. The van der Waals surface area contributed by atoms with Crippen LogP contribution < -0.4 is 38.3 Å². The molecule has 31 heteroatoms. The summed E-state index contributed by atoms with van der Waals surface area (Å²) < 4.78 is 68.9. The number of H-pyrrole nitrogens is 1. The number of carbonyl (C=O) groups excluding carboxylic acids is 3. The molecule has 10 N–H and O–H groups in total. The maximum absolute atomic E-state index is 12.8. The average Bonchev–Trinajstić information content (AvgIpc) is 1.61. The number of amides is 3. The number of ether oxygens (including phenoxy) is 12. The Balaban J connectivity index is 0.606. The molecule has 2 aromatic carbocycles. The van der Waals surface area contributed by atoms with Crippen LogP contribution in [0.25, 0.3) is 33.1 Å². The predicted molar refractivity (Wildman–Crippen MR) is 361 cm³/mol. The summed E-state index contributed by atoms with van der Waals surface area (Å²) in [7, 11) is 0. The molecule has 4 aromatic heterocycles. The molecule has 4 heterocycles. The van der Waals surface area contributed by atoms with E-state index in [1.807, 2.05) is 18.2 Å². The van der Waals surface area contributed by atoms with Crippen molar-refractivity contribution in [2.75, 3.05) is 188 Å². The van der Waals surface area contributed by atoms with E-state index >= 15 is 0 Å². The summed E-state index contributed by atoms with van der Waals surface area (Å²) in [4.78, 5) is 86.3. The summed E-state index contributed by atoms with van der Waals surface area (Å²) in [5, 5.41) is 22.1. The molecule has 31 nitrogen and oxygen atoms in total. The van der Waals surface area contributed by atoms with Gasteiger partial charge in [0.15, 0.2) is 17.0 Å². The number of hydrogen-bond acceptors (Lipinski definition) is 25. The number of pyridine rings is 1. The van der Waals surface area contributed by atoms with Gasteiger partial charge in [0.25, 0.3) is 11.5 Å². The molecule has 0 bridgehead atoms. The first-order valence-electron chi connectivity index (χ1n) is 33.1. The van der Waals surface area contributed by atoms with Crippen molar-refractivity contribution in [1.82, 2.24) is 50.4 Å². The van der Waals surface area contributed by atoms with E-state index in [0.29, 0.717) is 202 Å². The molecule has 0 aliphatic carbocycles. The number of carboxylic acids is 1. The van der Waals surface area contributed by atoms with Crippen molar-refractivity contribution in [3.63, 3.8) is 0 Å². The number of rotatable bonds is 56. The van der Waals surface area contributed by atoms with Gasteiger partial charge in [-0.05, 0) is 49.6 Å². The number of nitrogens with zero attached hydrogens (tertiary/aromatic N) is 6. The molecule has 0 radical (unpaired) electrons. The summed E-state index contributed by atoms with van der Waals surface area (Å²) in [5.41, 5.74) is 15.2. The van der Waals surface area contributed by atoms with E-state index in [-0.39, 0.29) is 65.7 Å². The average molecular weight is 1360 g/mol. The lowest BCUT2D eigenvalue weighted by Gasteiger charge is -2.27. The molecule has 0 fully saturated rings. The van der Waals surface area contributed by atoms with Crippen LogP contribution in [-0.4, -0.2) is 241 Å². The number of nitrogen functional groups attached to an aromatic ring is 2. The number of para-hydroxylation sites is 1. The van der Waals surface area contributed by atoms with Gasteiger partial charge < -0.3 is 99.3 Å². The number of hydrogen-bond donors (Lipinski definition) is 8. The SMILES string of the molecule is CCCCc1nc2c(N)nc3ccccc3c2n1CC(C)(C)CNC(=O)CCOCCOCCOCCOCCOCCOCCOCCOCCOCCOCCOCCOCCCNC(=O)CCC(NC(=O)c1ccc(NCc2cnc3nc(N)[nH]c(=O)c3n2)cc1)C(=O)O. The molecule has 6 rings (SSSR count). The van der Waals surface area contributed by atoms with E-state index in [4.69, 9.17) is 73.3 Å². The molecular formula is C66H99N13O18. The largest absolute Gasteiger partial charge is 0.480 e. The molecule has 3 amide bonds. The van der Waals surface area contributed by atoms with Gasteiger partial charge in [0.1, 0.15) is 17.4 Å². The second kappa shape index (κ2) is 45.8. The first-order chi connectivity index (χ1) is 47.2. The van der Waals surface area contributed by atoms with Gasteiger partial charge in [0.2, 0.25) is 17.8 Å². The normalized spacial score (nSPS) is 12.0. The first kappa shape index (κ1) is 78.3. The topological polar surface area (TPSA) is 402 Å². The number of benzene rings is 2. The number of nitrogens with two attached hydrogens (primary N) is 2. The third-order valence-electron chi connectivity index (χ3n) is 14.5. The minimum absolute atomic E-state index is 0.0505. The molecule has 97 heavy (non-hydrogen) atoms. The number of unbranched alkanes of at least 4 members (excludes halogenated alkanes) is 1. The molecule has 0 saturated carbocycles. The molecule has 536 valence electrons. The smallest absolute Gasteiger partial charge is 0.326 e. The van der Waals surface area contributed by atoms with Crippen LogP contribution in [0.3, 0.4) is 0 Å². The van der Waals surface area contributed by atoms with Gasteiger partial charge in [-0.3, -0.25) is 24.2 Å². The molecule has 6 aromatic rings. The lowest BCUT2D eigenvalue weighted by molar-refractivity contribution is -0.139. The van der Waals surface area contributed by atoms with E-state index < -0.39 is 23.5 Å². The summed E-state index contributed by atoms with van der Waals surface area (Å²) in [6.45, 7) is 18.3. The number of anilines is 3. The Morgan fingerprint density at radius 2 is 1.12 bits per heavy atom. The lowest BCUT2D eigenvalue weighted by atomic mass is 9.93. The van der Waals surface area contributed by atoms with Crippen LogP contribution in [-0.2, 0) is 90.7 Å². The fourth-order valence-electron chi connectivity index (χ4n) is 9.45. The van der Waals surface area contributed by atoms with Crippen LogP contribution in [0.1, 0.15) is 81.2 Å². The van der Waals surface area contributed by atoms with Crippen molar-refractivity contribution >= 4 is 74.2 Å². The highest BCUT2D eigenvalue weighted by Gasteiger charge is 2.26. The Bertz CT molecular complexity index is 3320.